The fourth-order valence-corrected chi connectivity index (χ4v) is 3.55. The first-order valence-electron chi connectivity index (χ1n) is 9.62. The van der Waals surface area contributed by atoms with Gasteiger partial charge in [-0.1, -0.05) is 41.4 Å². The van der Waals surface area contributed by atoms with Crippen LogP contribution in [0.15, 0.2) is 53.3 Å². The van der Waals surface area contributed by atoms with Gasteiger partial charge in [-0.2, -0.15) is 5.10 Å². The molecule has 30 heavy (non-hydrogen) atoms. The summed E-state index contributed by atoms with van der Waals surface area (Å²) in [6, 6.07) is 14.3. The quantitative estimate of drug-likeness (QED) is 0.574. The number of para-hydroxylation sites is 1. The van der Waals surface area contributed by atoms with E-state index in [1.54, 1.807) is 22.8 Å². The molecule has 1 fully saturated rings. The number of nitrogens with zero attached hydrogens (tertiary/aromatic N) is 3. The number of aromatic nitrogens is 3. The van der Waals surface area contributed by atoms with E-state index >= 15 is 0 Å². The molecule has 1 heterocycles. The molecule has 156 valence electrons. The Morgan fingerprint density at radius 2 is 1.93 bits per heavy atom. The van der Waals surface area contributed by atoms with Gasteiger partial charge in [0.15, 0.2) is 6.61 Å². The predicted molar refractivity (Wildman–Crippen MR) is 115 cm³/mol. The molecule has 1 aliphatic rings. The molecule has 2 aromatic carbocycles. The van der Waals surface area contributed by atoms with E-state index in [9.17, 15) is 9.59 Å². The van der Waals surface area contributed by atoms with Gasteiger partial charge in [-0.05, 0) is 43.2 Å². The fraction of sp³-hybridized carbons (Fsp3) is 0.286. The minimum Gasteiger partial charge on any atom is -0.482 e. The van der Waals surface area contributed by atoms with Crippen LogP contribution >= 0.6 is 23.2 Å². The Bertz CT molecular complexity index is 1110. The van der Waals surface area contributed by atoms with Crippen molar-refractivity contribution in [3.63, 3.8) is 0 Å². The fourth-order valence-electron chi connectivity index (χ4n) is 3.08. The lowest BCUT2D eigenvalue weighted by Gasteiger charge is -2.08. The number of carbonyl (C=O) groups is 1. The standard InChI is InChI=1S/C21H20Cl2N4O3/c22-15-8-9-18(17(23)12-15)30-13-19(28)24-10-11-26-21(29)27(16-4-2-1-3-5-16)20(25-26)14-6-7-14/h1-5,8-9,12,14H,6-7,10-11,13H2,(H,24,28). The average Bonchev–Trinajstić information content (AvgIpc) is 3.52. The van der Waals surface area contributed by atoms with Crippen molar-refractivity contribution in [2.45, 2.75) is 25.3 Å². The minimum absolute atomic E-state index is 0.192. The summed E-state index contributed by atoms with van der Waals surface area (Å²) in [4.78, 5) is 24.9. The van der Waals surface area contributed by atoms with Crippen LogP contribution in [0, 0.1) is 0 Å². The number of hydrogen-bond donors (Lipinski definition) is 1. The van der Waals surface area contributed by atoms with E-state index in [0.717, 1.165) is 24.4 Å². The van der Waals surface area contributed by atoms with Gasteiger partial charge in [0.2, 0.25) is 0 Å². The second-order valence-corrected chi connectivity index (χ2v) is 7.87. The third kappa shape index (κ3) is 4.68. The van der Waals surface area contributed by atoms with Gasteiger partial charge in [0, 0.05) is 17.5 Å². The molecule has 0 bridgehead atoms. The van der Waals surface area contributed by atoms with Gasteiger partial charge in [0.1, 0.15) is 11.6 Å². The Morgan fingerprint density at radius 1 is 1.17 bits per heavy atom. The van der Waals surface area contributed by atoms with Crippen LogP contribution in [0.2, 0.25) is 10.0 Å². The van der Waals surface area contributed by atoms with Crippen LogP contribution < -0.4 is 15.7 Å². The number of carbonyl (C=O) groups excluding carboxylic acids is 1. The maximum Gasteiger partial charge on any atom is 0.350 e. The smallest absolute Gasteiger partial charge is 0.350 e. The molecule has 0 aliphatic heterocycles. The molecular formula is C21H20Cl2N4O3. The first-order valence-corrected chi connectivity index (χ1v) is 10.4. The Morgan fingerprint density at radius 3 is 2.63 bits per heavy atom. The molecule has 0 spiro atoms. The first kappa shape index (κ1) is 20.5. The Kier molecular flexibility index (Phi) is 6.11. The van der Waals surface area contributed by atoms with Gasteiger partial charge in [-0.25, -0.2) is 14.0 Å². The molecule has 3 aromatic rings. The molecular weight excluding hydrogens is 427 g/mol. The van der Waals surface area contributed by atoms with Crippen molar-refractivity contribution in [3.05, 3.63) is 74.9 Å². The van der Waals surface area contributed by atoms with Crippen LogP contribution in [0.1, 0.15) is 24.6 Å². The van der Waals surface area contributed by atoms with Gasteiger partial charge in [-0.15, -0.1) is 0 Å². The van der Waals surface area contributed by atoms with E-state index in [1.807, 2.05) is 30.3 Å². The highest BCUT2D eigenvalue weighted by Crippen LogP contribution is 2.39. The highest BCUT2D eigenvalue weighted by atomic mass is 35.5. The van der Waals surface area contributed by atoms with E-state index < -0.39 is 0 Å². The lowest BCUT2D eigenvalue weighted by molar-refractivity contribution is -0.123. The maximum atomic E-state index is 12.9. The van der Waals surface area contributed by atoms with E-state index in [0.29, 0.717) is 21.7 Å². The van der Waals surface area contributed by atoms with E-state index in [-0.39, 0.29) is 31.3 Å². The van der Waals surface area contributed by atoms with Crippen LogP contribution in [0.5, 0.6) is 5.75 Å². The summed E-state index contributed by atoms with van der Waals surface area (Å²) in [5, 5.41) is 8.07. The van der Waals surface area contributed by atoms with Gasteiger partial charge >= 0.3 is 5.69 Å². The summed E-state index contributed by atoms with van der Waals surface area (Å²) in [5.74, 6) is 1.15. The predicted octanol–water partition coefficient (Wildman–Crippen LogP) is 3.41. The number of ether oxygens (including phenoxy) is 1. The molecule has 1 amide bonds. The molecule has 0 unspecified atom stereocenters. The van der Waals surface area contributed by atoms with Crippen molar-refractivity contribution >= 4 is 29.1 Å². The summed E-state index contributed by atoms with van der Waals surface area (Å²) < 4.78 is 8.47. The number of amides is 1. The first-order chi connectivity index (χ1) is 14.5. The zero-order chi connectivity index (χ0) is 21.1. The van der Waals surface area contributed by atoms with Gasteiger partial charge < -0.3 is 10.1 Å². The molecule has 0 atom stereocenters. The molecule has 1 aromatic heterocycles. The van der Waals surface area contributed by atoms with Crippen molar-refractivity contribution in [2.75, 3.05) is 13.2 Å². The molecule has 1 aliphatic carbocycles. The van der Waals surface area contributed by atoms with Crippen molar-refractivity contribution < 1.29 is 9.53 Å². The zero-order valence-electron chi connectivity index (χ0n) is 16.1. The summed E-state index contributed by atoms with van der Waals surface area (Å²) in [6.07, 6.45) is 2.06. The van der Waals surface area contributed by atoms with Crippen LogP contribution in [0.4, 0.5) is 0 Å². The molecule has 4 rings (SSSR count). The molecule has 1 saturated carbocycles. The summed E-state index contributed by atoms with van der Waals surface area (Å²) in [6.45, 7) is 0.334. The molecule has 1 N–H and O–H groups in total. The summed E-state index contributed by atoms with van der Waals surface area (Å²) >= 11 is 11.9. The van der Waals surface area contributed by atoms with Gasteiger partial charge in [0.25, 0.3) is 5.91 Å². The molecule has 9 heteroatoms. The number of nitrogens with one attached hydrogen (secondary N) is 1. The topological polar surface area (TPSA) is 78.2 Å². The van der Waals surface area contributed by atoms with E-state index in [2.05, 4.69) is 10.4 Å². The molecule has 0 saturated heterocycles. The summed E-state index contributed by atoms with van der Waals surface area (Å²) in [5.41, 5.74) is 0.592. The Hall–Kier alpha value is -2.77. The SMILES string of the molecule is O=C(COc1ccc(Cl)cc1Cl)NCCn1nc(C2CC2)n(-c2ccccc2)c1=O. The summed E-state index contributed by atoms with van der Waals surface area (Å²) in [7, 11) is 0. The van der Waals surface area contributed by atoms with Gasteiger partial charge in [-0.3, -0.25) is 4.79 Å². The Labute approximate surface area is 183 Å². The second kappa shape index (κ2) is 8.93. The molecule has 7 nitrogen and oxygen atoms in total. The second-order valence-electron chi connectivity index (χ2n) is 7.02. The lowest BCUT2D eigenvalue weighted by atomic mass is 10.3. The molecule has 0 radical (unpaired) electrons. The normalized spacial score (nSPS) is 13.3. The van der Waals surface area contributed by atoms with Crippen molar-refractivity contribution in [1.82, 2.24) is 19.7 Å². The number of benzene rings is 2. The van der Waals surface area contributed by atoms with Gasteiger partial charge in [0.05, 0.1) is 17.3 Å². The van der Waals surface area contributed by atoms with Crippen molar-refractivity contribution in [3.8, 4) is 11.4 Å². The minimum atomic E-state index is -0.320. The van der Waals surface area contributed by atoms with E-state index in [1.165, 1.54) is 4.68 Å². The lowest BCUT2D eigenvalue weighted by Crippen LogP contribution is -2.34. The number of hydrogen-bond acceptors (Lipinski definition) is 4. The third-order valence-corrected chi connectivity index (χ3v) is 5.25. The van der Waals surface area contributed by atoms with E-state index in [4.69, 9.17) is 27.9 Å². The average molecular weight is 447 g/mol. The van der Waals surface area contributed by atoms with Crippen LogP contribution in [-0.4, -0.2) is 33.4 Å². The largest absolute Gasteiger partial charge is 0.482 e. The number of rotatable bonds is 8. The third-order valence-electron chi connectivity index (χ3n) is 4.72. The highest BCUT2D eigenvalue weighted by Gasteiger charge is 2.31. The highest BCUT2D eigenvalue weighted by molar-refractivity contribution is 6.35. The van der Waals surface area contributed by atoms with Crippen LogP contribution in [0.3, 0.4) is 0 Å². The Balaban J connectivity index is 1.36. The van der Waals surface area contributed by atoms with Crippen molar-refractivity contribution in [1.29, 1.82) is 0 Å². The van der Waals surface area contributed by atoms with Crippen LogP contribution in [0.25, 0.3) is 5.69 Å². The zero-order valence-corrected chi connectivity index (χ0v) is 17.6. The monoisotopic (exact) mass is 446 g/mol. The van der Waals surface area contributed by atoms with Crippen molar-refractivity contribution in [2.24, 2.45) is 0 Å². The number of halogens is 2. The van der Waals surface area contributed by atoms with Crippen LogP contribution in [-0.2, 0) is 11.3 Å². The maximum absolute atomic E-state index is 12.9.